The molecule has 130 valence electrons. The summed E-state index contributed by atoms with van der Waals surface area (Å²) in [6.45, 7) is 5.11. The van der Waals surface area contributed by atoms with Crippen LogP contribution in [0, 0.1) is 5.92 Å². The number of ether oxygens (including phenoxy) is 2. The number of ketones is 1. The largest absolute Gasteiger partial charge is 0.493 e. The molecule has 0 radical (unpaired) electrons. The molecule has 0 aliphatic heterocycles. The van der Waals surface area contributed by atoms with Crippen LogP contribution in [0.4, 0.5) is 5.13 Å². The fourth-order valence-electron chi connectivity index (χ4n) is 1.85. The average molecular weight is 367 g/mol. The van der Waals surface area contributed by atoms with Crippen LogP contribution in [0.15, 0.2) is 22.5 Å². The van der Waals surface area contributed by atoms with Crippen molar-refractivity contribution in [2.45, 2.75) is 18.2 Å². The minimum atomic E-state index is 0.00726. The second-order valence-electron chi connectivity index (χ2n) is 5.43. The van der Waals surface area contributed by atoms with Gasteiger partial charge in [0.15, 0.2) is 21.6 Å². The third-order valence-corrected chi connectivity index (χ3v) is 5.11. The van der Waals surface area contributed by atoms with Gasteiger partial charge in [0, 0.05) is 12.1 Å². The summed E-state index contributed by atoms with van der Waals surface area (Å²) in [7, 11) is 3.11. The number of hydrogen-bond acceptors (Lipinski definition) is 8. The summed E-state index contributed by atoms with van der Waals surface area (Å²) < 4.78 is 11.2. The monoisotopic (exact) mass is 367 g/mol. The smallest absolute Gasteiger partial charge is 0.206 e. The lowest BCUT2D eigenvalue weighted by atomic mass is 10.1. The van der Waals surface area contributed by atoms with Crippen molar-refractivity contribution in [1.82, 2.24) is 10.2 Å². The maximum absolute atomic E-state index is 12.3. The number of aromatic nitrogens is 2. The number of Topliss-reactive ketones (excluding diaryl/α,β-unsaturated/α-hetero) is 1. The zero-order valence-electron chi connectivity index (χ0n) is 14.2. The molecule has 1 N–H and O–H groups in total. The molecule has 0 atom stereocenters. The molecule has 2 aromatic rings. The lowest BCUT2D eigenvalue weighted by molar-refractivity contribution is 0.102. The van der Waals surface area contributed by atoms with Crippen molar-refractivity contribution in [2.75, 3.05) is 31.8 Å². The average Bonchev–Trinajstić information content (AvgIpc) is 3.05. The van der Waals surface area contributed by atoms with Crippen molar-refractivity contribution in [1.29, 1.82) is 0 Å². The molecule has 0 saturated heterocycles. The fraction of sp³-hybridized carbons (Fsp3) is 0.438. The Morgan fingerprint density at radius 1 is 1.25 bits per heavy atom. The summed E-state index contributed by atoms with van der Waals surface area (Å²) in [6.07, 6.45) is 0. The molecule has 0 bridgehead atoms. The van der Waals surface area contributed by atoms with Gasteiger partial charge in [0.25, 0.3) is 0 Å². The van der Waals surface area contributed by atoms with E-state index in [1.807, 2.05) is 0 Å². The van der Waals surface area contributed by atoms with Crippen LogP contribution in [0.3, 0.4) is 0 Å². The minimum absolute atomic E-state index is 0.00726. The normalized spacial score (nSPS) is 10.7. The van der Waals surface area contributed by atoms with Crippen LogP contribution >= 0.6 is 23.1 Å². The first-order valence-corrected chi connectivity index (χ1v) is 9.29. The Kier molecular flexibility index (Phi) is 6.86. The fourth-order valence-corrected chi connectivity index (χ4v) is 3.50. The third-order valence-electron chi connectivity index (χ3n) is 3.10. The highest BCUT2D eigenvalue weighted by atomic mass is 32.2. The Balaban J connectivity index is 1.93. The third kappa shape index (κ3) is 5.10. The summed E-state index contributed by atoms with van der Waals surface area (Å²) in [4.78, 5) is 12.3. The number of anilines is 1. The molecule has 0 saturated carbocycles. The molecule has 0 spiro atoms. The number of nitrogens with one attached hydrogen (secondary N) is 1. The number of rotatable bonds is 9. The Morgan fingerprint density at radius 3 is 2.67 bits per heavy atom. The van der Waals surface area contributed by atoms with Crippen molar-refractivity contribution in [3.05, 3.63) is 23.8 Å². The predicted octanol–water partition coefficient (Wildman–Crippen LogP) is 3.60. The van der Waals surface area contributed by atoms with E-state index in [2.05, 4.69) is 29.4 Å². The zero-order chi connectivity index (χ0) is 17.5. The number of thioether (sulfide) groups is 1. The van der Waals surface area contributed by atoms with Crippen molar-refractivity contribution in [2.24, 2.45) is 5.92 Å². The number of nitrogens with zero attached hydrogens (tertiary/aromatic N) is 2. The van der Waals surface area contributed by atoms with Crippen LogP contribution in [0.2, 0.25) is 0 Å². The summed E-state index contributed by atoms with van der Waals surface area (Å²) >= 11 is 2.84. The Hall–Kier alpha value is -1.80. The Labute approximate surface area is 150 Å². The topological polar surface area (TPSA) is 73.3 Å². The van der Waals surface area contributed by atoms with Crippen molar-refractivity contribution in [3.63, 3.8) is 0 Å². The standard InChI is InChI=1S/C16H21N3O3S2/c1-10(2)8-17-15-18-19-16(24-15)23-9-12(20)11-5-6-13(21-3)14(7-11)22-4/h5-7,10H,8-9H2,1-4H3,(H,17,18). The van der Waals surface area contributed by atoms with Crippen molar-refractivity contribution in [3.8, 4) is 11.5 Å². The molecule has 0 aliphatic carbocycles. The van der Waals surface area contributed by atoms with Gasteiger partial charge in [-0.15, -0.1) is 10.2 Å². The molecule has 1 heterocycles. The van der Waals surface area contributed by atoms with Crippen LogP contribution in [0.5, 0.6) is 11.5 Å². The molecule has 0 aliphatic rings. The highest BCUT2D eigenvalue weighted by Gasteiger charge is 2.13. The molecule has 1 aromatic carbocycles. The van der Waals surface area contributed by atoms with Gasteiger partial charge in [-0.2, -0.15) is 0 Å². The number of hydrogen-bond donors (Lipinski definition) is 1. The van der Waals surface area contributed by atoms with Crippen LogP contribution in [-0.4, -0.2) is 42.5 Å². The van der Waals surface area contributed by atoms with Gasteiger partial charge in [-0.3, -0.25) is 4.79 Å². The number of carbonyl (C=O) groups is 1. The van der Waals surface area contributed by atoms with E-state index in [0.29, 0.717) is 28.7 Å². The van der Waals surface area contributed by atoms with E-state index in [9.17, 15) is 4.79 Å². The number of benzene rings is 1. The van der Waals surface area contributed by atoms with Gasteiger partial charge in [0.05, 0.1) is 20.0 Å². The van der Waals surface area contributed by atoms with Gasteiger partial charge < -0.3 is 14.8 Å². The summed E-state index contributed by atoms with van der Waals surface area (Å²) in [6, 6.07) is 5.16. The van der Waals surface area contributed by atoms with Gasteiger partial charge in [0.2, 0.25) is 5.13 Å². The van der Waals surface area contributed by atoms with Gasteiger partial charge in [-0.05, 0) is 24.1 Å². The molecule has 24 heavy (non-hydrogen) atoms. The van der Waals surface area contributed by atoms with E-state index in [4.69, 9.17) is 9.47 Å². The number of carbonyl (C=O) groups excluding carboxylic acids is 1. The van der Waals surface area contributed by atoms with Gasteiger partial charge in [-0.1, -0.05) is 36.9 Å². The highest BCUT2D eigenvalue weighted by molar-refractivity contribution is 8.01. The first-order valence-electron chi connectivity index (χ1n) is 7.49. The van der Waals surface area contributed by atoms with E-state index in [-0.39, 0.29) is 5.78 Å². The zero-order valence-corrected chi connectivity index (χ0v) is 15.8. The Morgan fingerprint density at radius 2 is 2.00 bits per heavy atom. The predicted molar refractivity (Wildman–Crippen MR) is 97.8 cm³/mol. The first-order chi connectivity index (χ1) is 11.5. The van der Waals surface area contributed by atoms with Gasteiger partial charge in [0.1, 0.15) is 0 Å². The Bertz CT molecular complexity index is 689. The summed E-state index contributed by atoms with van der Waals surface area (Å²) in [5.74, 6) is 1.99. The molecular weight excluding hydrogens is 346 g/mol. The molecule has 0 fully saturated rings. The van der Waals surface area contributed by atoms with Crippen LogP contribution in [-0.2, 0) is 0 Å². The van der Waals surface area contributed by atoms with E-state index in [1.54, 1.807) is 32.4 Å². The van der Waals surface area contributed by atoms with E-state index in [0.717, 1.165) is 16.0 Å². The molecule has 0 amide bonds. The van der Waals surface area contributed by atoms with Crippen LogP contribution < -0.4 is 14.8 Å². The SMILES string of the molecule is COc1ccc(C(=O)CSc2nnc(NCC(C)C)s2)cc1OC. The second kappa shape index (κ2) is 8.89. The maximum Gasteiger partial charge on any atom is 0.206 e. The molecular formula is C16H21N3O3S2. The van der Waals surface area contributed by atoms with E-state index in [1.165, 1.54) is 23.1 Å². The first kappa shape index (κ1) is 18.5. The molecule has 2 rings (SSSR count). The quantitative estimate of drug-likeness (QED) is 0.536. The minimum Gasteiger partial charge on any atom is -0.493 e. The van der Waals surface area contributed by atoms with E-state index >= 15 is 0 Å². The van der Waals surface area contributed by atoms with Gasteiger partial charge >= 0.3 is 0 Å². The summed E-state index contributed by atoms with van der Waals surface area (Å²) in [5.41, 5.74) is 0.586. The second-order valence-corrected chi connectivity index (χ2v) is 7.63. The molecule has 1 aromatic heterocycles. The maximum atomic E-state index is 12.3. The van der Waals surface area contributed by atoms with Crippen LogP contribution in [0.25, 0.3) is 0 Å². The summed E-state index contributed by atoms with van der Waals surface area (Å²) in [5, 5.41) is 12.2. The molecule has 0 unspecified atom stereocenters. The molecule has 8 heteroatoms. The van der Waals surface area contributed by atoms with Crippen molar-refractivity contribution < 1.29 is 14.3 Å². The highest BCUT2D eigenvalue weighted by Crippen LogP contribution is 2.30. The number of methoxy groups -OCH3 is 2. The van der Waals surface area contributed by atoms with Crippen molar-refractivity contribution >= 4 is 34.0 Å². The molecule has 6 nitrogen and oxygen atoms in total. The van der Waals surface area contributed by atoms with Gasteiger partial charge in [-0.25, -0.2) is 0 Å². The lowest BCUT2D eigenvalue weighted by Gasteiger charge is -2.08. The lowest BCUT2D eigenvalue weighted by Crippen LogP contribution is -2.07. The van der Waals surface area contributed by atoms with E-state index < -0.39 is 0 Å². The van der Waals surface area contributed by atoms with Crippen LogP contribution in [0.1, 0.15) is 24.2 Å².